The minimum absolute atomic E-state index is 0.0841. The number of amides is 1. The first-order valence-electron chi connectivity index (χ1n) is 5.76. The van der Waals surface area contributed by atoms with Crippen LogP contribution in [0.15, 0.2) is 35.0 Å². The lowest BCUT2D eigenvalue weighted by Gasteiger charge is -2.11. The van der Waals surface area contributed by atoms with Gasteiger partial charge in [-0.05, 0) is 23.6 Å². The van der Waals surface area contributed by atoms with Crippen LogP contribution >= 0.6 is 11.3 Å². The SMILES string of the molecule is COc1ccc(CNC(=O)c2ccsc2)c(OC)c1. The zero-order valence-corrected chi connectivity index (χ0v) is 11.6. The minimum atomic E-state index is -0.0841. The van der Waals surface area contributed by atoms with E-state index in [-0.39, 0.29) is 5.91 Å². The Morgan fingerprint density at radius 2 is 2.11 bits per heavy atom. The largest absolute Gasteiger partial charge is 0.497 e. The van der Waals surface area contributed by atoms with Crippen molar-refractivity contribution in [3.63, 3.8) is 0 Å². The molecule has 0 spiro atoms. The molecule has 1 heterocycles. The fourth-order valence-corrected chi connectivity index (χ4v) is 2.31. The number of benzene rings is 1. The van der Waals surface area contributed by atoms with Gasteiger partial charge in [-0.25, -0.2) is 0 Å². The maximum Gasteiger partial charge on any atom is 0.252 e. The highest BCUT2D eigenvalue weighted by Gasteiger charge is 2.08. The zero-order chi connectivity index (χ0) is 13.7. The van der Waals surface area contributed by atoms with Gasteiger partial charge in [0.2, 0.25) is 0 Å². The number of carbonyl (C=O) groups is 1. The summed E-state index contributed by atoms with van der Waals surface area (Å²) in [7, 11) is 3.20. The van der Waals surface area contributed by atoms with Crippen molar-refractivity contribution in [2.75, 3.05) is 14.2 Å². The summed E-state index contributed by atoms with van der Waals surface area (Å²) in [5.41, 5.74) is 1.59. The van der Waals surface area contributed by atoms with Crippen LogP contribution in [-0.4, -0.2) is 20.1 Å². The maximum atomic E-state index is 11.8. The molecule has 0 aliphatic heterocycles. The lowest BCUT2D eigenvalue weighted by Crippen LogP contribution is -2.22. The van der Waals surface area contributed by atoms with Gasteiger partial charge in [-0.1, -0.05) is 0 Å². The molecule has 2 rings (SSSR count). The Kier molecular flexibility index (Phi) is 4.41. The summed E-state index contributed by atoms with van der Waals surface area (Å²) in [6.07, 6.45) is 0. The Labute approximate surface area is 116 Å². The van der Waals surface area contributed by atoms with E-state index in [1.165, 1.54) is 11.3 Å². The highest BCUT2D eigenvalue weighted by Crippen LogP contribution is 2.24. The summed E-state index contributed by atoms with van der Waals surface area (Å²) >= 11 is 1.50. The van der Waals surface area contributed by atoms with E-state index < -0.39 is 0 Å². The molecular weight excluding hydrogens is 262 g/mol. The van der Waals surface area contributed by atoms with Crippen LogP contribution in [0.4, 0.5) is 0 Å². The predicted octanol–water partition coefficient (Wildman–Crippen LogP) is 2.70. The highest BCUT2D eigenvalue weighted by molar-refractivity contribution is 7.08. The van der Waals surface area contributed by atoms with Crippen LogP contribution in [0.5, 0.6) is 11.5 Å². The Morgan fingerprint density at radius 1 is 1.26 bits per heavy atom. The van der Waals surface area contributed by atoms with Gasteiger partial charge < -0.3 is 14.8 Å². The molecule has 1 aromatic heterocycles. The summed E-state index contributed by atoms with van der Waals surface area (Å²) in [6, 6.07) is 7.32. The van der Waals surface area contributed by atoms with E-state index in [0.717, 1.165) is 11.3 Å². The van der Waals surface area contributed by atoms with Gasteiger partial charge >= 0.3 is 0 Å². The van der Waals surface area contributed by atoms with E-state index in [9.17, 15) is 4.79 Å². The van der Waals surface area contributed by atoms with Gasteiger partial charge in [0.25, 0.3) is 5.91 Å². The van der Waals surface area contributed by atoms with Gasteiger partial charge in [-0.2, -0.15) is 11.3 Å². The summed E-state index contributed by atoms with van der Waals surface area (Å²) < 4.78 is 10.4. The molecule has 1 amide bonds. The summed E-state index contributed by atoms with van der Waals surface area (Å²) in [6.45, 7) is 0.418. The topological polar surface area (TPSA) is 47.6 Å². The van der Waals surface area contributed by atoms with Crippen LogP contribution < -0.4 is 14.8 Å². The minimum Gasteiger partial charge on any atom is -0.497 e. The molecule has 0 atom stereocenters. The van der Waals surface area contributed by atoms with E-state index in [1.807, 2.05) is 22.9 Å². The highest BCUT2D eigenvalue weighted by atomic mass is 32.1. The number of carbonyl (C=O) groups excluding carboxylic acids is 1. The lowest BCUT2D eigenvalue weighted by molar-refractivity contribution is 0.0951. The normalized spacial score (nSPS) is 10.0. The van der Waals surface area contributed by atoms with Crippen LogP contribution in [-0.2, 0) is 6.54 Å². The molecule has 19 heavy (non-hydrogen) atoms. The molecule has 0 radical (unpaired) electrons. The van der Waals surface area contributed by atoms with Crippen LogP contribution in [0.2, 0.25) is 0 Å². The van der Waals surface area contributed by atoms with Gasteiger partial charge in [-0.3, -0.25) is 4.79 Å². The molecule has 2 aromatic rings. The lowest BCUT2D eigenvalue weighted by atomic mass is 10.2. The van der Waals surface area contributed by atoms with Crippen LogP contribution in [0.1, 0.15) is 15.9 Å². The second-order valence-electron chi connectivity index (χ2n) is 3.87. The third-order valence-electron chi connectivity index (χ3n) is 2.72. The molecule has 4 nitrogen and oxygen atoms in total. The average Bonchev–Trinajstić information content (AvgIpc) is 2.98. The summed E-state index contributed by atoms with van der Waals surface area (Å²) in [4.78, 5) is 11.8. The first-order chi connectivity index (χ1) is 9.24. The quantitative estimate of drug-likeness (QED) is 0.914. The van der Waals surface area contributed by atoms with E-state index >= 15 is 0 Å². The first-order valence-corrected chi connectivity index (χ1v) is 6.70. The van der Waals surface area contributed by atoms with Gasteiger partial charge in [0, 0.05) is 29.1 Å². The summed E-state index contributed by atoms with van der Waals surface area (Å²) in [5.74, 6) is 1.34. The van der Waals surface area contributed by atoms with Crippen molar-refractivity contribution in [1.82, 2.24) is 5.32 Å². The number of nitrogens with one attached hydrogen (secondary N) is 1. The smallest absolute Gasteiger partial charge is 0.252 e. The molecule has 0 saturated carbocycles. The molecule has 5 heteroatoms. The number of hydrogen-bond donors (Lipinski definition) is 1. The van der Waals surface area contributed by atoms with Gasteiger partial charge in [0.15, 0.2) is 0 Å². The van der Waals surface area contributed by atoms with Crippen molar-refractivity contribution in [1.29, 1.82) is 0 Å². The van der Waals surface area contributed by atoms with Crippen molar-refractivity contribution in [2.45, 2.75) is 6.54 Å². The van der Waals surface area contributed by atoms with Crippen LogP contribution in [0.25, 0.3) is 0 Å². The van der Waals surface area contributed by atoms with E-state index in [1.54, 1.807) is 26.4 Å². The maximum absolute atomic E-state index is 11.8. The predicted molar refractivity (Wildman–Crippen MR) is 75.0 cm³/mol. The van der Waals surface area contributed by atoms with Crippen molar-refractivity contribution in [3.8, 4) is 11.5 Å². The Morgan fingerprint density at radius 3 is 2.74 bits per heavy atom. The van der Waals surface area contributed by atoms with Crippen LogP contribution in [0.3, 0.4) is 0 Å². The van der Waals surface area contributed by atoms with E-state index in [0.29, 0.717) is 17.9 Å². The van der Waals surface area contributed by atoms with E-state index in [2.05, 4.69) is 5.32 Å². The molecule has 1 aromatic carbocycles. The molecule has 0 unspecified atom stereocenters. The van der Waals surface area contributed by atoms with Gasteiger partial charge in [0.05, 0.1) is 14.2 Å². The molecule has 0 saturated heterocycles. The first kappa shape index (κ1) is 13.4. The standard InChI is InChI=1S/C14H15NO3S/c1-17-12-4-3-10(13(7-12)18-2)8-15-14(16)11-5-6-19-9-11/h3-7,9H,8H2,1-2H3,(H,15,16). The monoisotopic (exact) mass is 277 g/mol. The fourth-order valence-electron chi connectivity index (χ4n) is 1.67. The number of rotatable bonds is 5. The van der Waals surface area contributed by atoms with Crippen LogP contribution in [0, 0.1) is 0 Å². The van der Waals surface area contributed by atoms with Gasteiger partial charge in [0.1, 0.15) is 11.5 Å². The van der Waals surface area contributed by atoms with Crippen molar-refractivity contribution in [3.05, 3.63) is 46.2 Å². The zero-order valence-electron chi connectivity index (χ0n) is 10.8. The number of hydrogen-bond acceptors (Lipinski definition) is 4. The molecule has 0 aliphatic rings. The number of methoxy groups -OCH3 is 2. The average molecular weight is 277 g/mol. The second kappa shape index (κ2) is 6.24. The second-order valence-corrected chi connectivity index (χ2v) is 4.65. The van der Waals surface area contributed by atoms with Gasteiger partial charge in [-0.15, -0.1) is 0 Å². The van der Waals surface area contributed by atoms with E-state index in [4.69, 9.17) is 9.47 Å². The van der Waals surface area contributed by atoms with Crippen molar-refractivity contribution >= 4 is 17.2 Å². The number of ether oxygens (including phenoxy) is 2. The van der Waals surface area contributed by atoms with Crippen molar-refractivity contribution < 1.29 is 14.3 Å². The fraction of sp³-hybridized carbons (Fsp3) is 0.214. The Bertz CT molecular complexity index is 552. The molecule has 1 N–H and O–H groups in total. The third-order valence-corrected chi connectivity index (χ3v) is 3.40. The Hall–Kier alpha value is -2.01. The molecule has 100 valence electrons. The Balaban J connectivity index is 2.05. The van der Waals surface area contributed by atoms with Crippen molar-refractivity contribution in [2.24, 2.45) is 0 Å². The third kappa shape index (κ3) is 3.26. The molecule has 0 aliphatic carbocycles. The number of thiophene rings is 1. The summed E-state index contributed by atoms with van der Waals surface area (Å²) in [5, 5.41) is 6.56. The molecule has 0 bridgehead atoms. The molecular formula is C14H15NO3S. The molecule has 0 fully saturated rings.